The van der Waals surface area contributed by atoms with Gasteiger partial charge in [0.2, 0.25) is 0 Å². The second-order valence-electron chi connectivity index (χ2n) is 3.65. The van der Waals surface area contributed by atoms with E-state index in [1.165, 1.54) is 6.92 Å². The van der Waals surface area contributed by atoms with Crippen LogP contribution in [0.1, 0.15) is 26.2 Å². The summed E-state index contributed by atoms with van der Waals surface area (Å²) in [7, 11) is 0. The van der Waals surface area contributed by atoms with Crippen LogP contribution in [0.3, 0.4) is 0 Å². The summed E-state index contributed by atoms with van der Waals surface area (Å²) in [5.41, 5.74) is 4.24. The Kier molecular flexibility index (Phi) is 2.83. The Labute approximate surface area is 71.6 Å². The molecule has 0 amide bonds. The van der Waals surface area contributed by atoms with Gasteiger partial charge in [-0.15, -0.1) is 0 Å². The summed E-state index contributed by atoms with van der Waals surface area (Å²) in [6.45, 7) is 1.45. The number of halogens is 2. The maximum atomic E-state index is 12.4. The fourth-order valence-electron chi connectivity index (χ4n) is 1.54. The van der Waals surface area contributed by atoms with Gasteiger partial charge in [0, 0.05) is 0 Å². The molecule has 70 valence electrons. The number of alkyl halides is 2. The summed E-state index contributed by atoms with van der Waals surface area (Å²) in [5.74, 6) is -0.0671. The van der Waals surface area contributed by atoms with E-state index in [9.17, 15) is 8.78 Å². The number of rotatable bonds is 2. The lowest BCUT2D eigenvalue weighted by atomic mass is 9.79. The van der Waals surface area contributed by atoms with E-state index in [1.54, 1.807) is 0 Å². The zero-order valence-electron chi connectivity index (χ0n) is 7.26. The molecule has 0 aromatic heterocycles. The Morgan fingerprint density at radius 1 is 1.50 bits per heavy atom. The molecule has 1 rings (SSSR count). The quantitative estimate of drug-likeness (QED) is 0.640. The maximum Gasteiger partial charge on any atom is 0.256 e. The van der Waals surface area contributed by atoms with E-state index in [-0.39, 0.29) is 5.92 Å². The van der Waals surface area contributed by atoms with Crippen molar-refractivity contribution < 1.29 is 8.78 Å². The van der Waals surface area contributed by atoms with Crippen molar-refractivity contribution in [3.8, 4) is 0 Å². The Balaban J connectivity index is 2.61. The first kappa shape index (κ1) is 9.65. The van der Waals surface area contributed by atoms with E-state index in [0.717, 1.165) is 12.8 Å². The third-order valence-electron chi connectivity index (χ3n) is 2.62. The monoisotopic (exact) mass is 175 g/mol. The molecule has 0 aliphatic heterocycles. The largest absolute Gasteiger partial charge is 0.320 e. The Morgan fingerprint density at radius 2 is 2.17 bits per heavy atom. The van der Waals surface area contributed by atoms with Crippen molar-refractivity contribution in [2.45, 2.75) is 38.2 Å². The average molecular weight is 175 g/mol. The highest BCUT2D eigenvalue weighted by Crippen LogP contribution is 2.31. The molecule has 0 radical (unpaired) electrons. The highest BCUT2D eigenvalue weighted by atomic mass is 19.3. The first-order valence-electron chi connectivity index (χ1n) is 4.27. The van der Waals surface area contributed by atoms with Crippen molar-refractivity contribution in [2.24, 2.45) is 11.7 Å². The molecular weight excluding hydrogens is 160 g/mol. The standard InChI is InChI=1S/C9H15F2N/c1-9(12,8(10)11)7-5-3-2-4-6-7/h2-3,7-8H,4-6,12H2,1H3. The minimum absolute atomic E-state index is 0.0671. The van der Waals surface area contributed by atoms with E-state index in [1.807, 2.05) is 12.2 Å². The van der Waals surface area contributed by atoms with Gasteiger partial charge in [0.15, 0.2) is 0 Å². The zero-order chi connectivity index (χ0) is 9.19. The third kappa shape index (κ3) is 1.83. The summed E-state index contributed by atoms with van der Waals surface area (Å²) in [4.78, 5) is 0. The smallest absolute Gasteiger partial charge is 0.256 e. The van der Waals surface area contributed by atoms with Crippen LogP contribution in [0.25, 0.3) is 0 Å². The van der Waals surface area contributed by atoms with E-state index in [4.69, 9.17) is 5.73 Å². The van der Waals surface area contributed by atoms with Gasteiger partial charge in [0.25, 0.3) is 6.43 Å². The molecule has 12 heavy (non-hydrogen) atoms. The van der Waals surface area contributed by atoms with Crippen molar-refractivity contribution in [1.29, 1.82) is 0 Å². The van der Waals surface area contributed by atoms with Crippen LogP contribution in [0.2, 0.25) is 0 Å². The van der Waals surface area contributed by atoms with Crippen molar-refractivity contribution >= 4 is 0 Å². The topological polar surface area (TPSA) is 26.0 Å². The molecule has 0 aromatic carbocycles. The molecule has 0 fully saturated rings. The summed E-state index contributed by atoms with van der Waals surface area (Å²) >= 11 is 0. The molecule has 2 unspecified atom stereocenters. The van der Waals surface area contributed by atoms with Crippen molar-refractivity contribution in [3.05, 3.63) is 12.2 Å². The lowest BCUT2D eigenvalue weighted by Gasteiger charge is -2.34. The average Bonchev–Trinajstić information content (AvgIpc) is 2.06. The van der Waals surface area contributed by atoms with Crippen LogP contribution in [-0.4, -0.2) is 12.0 Å². The molecule has 0 heterocycles. The van der Waals surface area contributed by atoms with Crippen molar-refractivity contribution in [2.75, 3.05) is 0 Å². The summed E-state index contributed by atoms with van der Waals surface area (Å²) < 4.78 is 24.9. The molecule has 0 saturated heterocycles. The van der Waals surface area contributed by atoms with Crippen molar-refractivity contribution in [3.63, 3.8) is 0 Å². The summed E-state index contributed by atoms with van der Waals surface area (Å²) in [6, 6.07) is 0. The van der Waals surface area contributed by atoms with Crippen LogP contribution < -0.4 is 5.73 Å². The number of hydrogen-bond acceptors (Lipinski definition) is 1. The van der Waals surface area contributed by atoms with Crippen LogP contribution >= 0.6 is 0 Å². The first-order valence-corrected chi connectivity index (χ1v) is 4.27. The van der Waals surface area contributed by atoms with Gasteiger partial charge in [-0.05, 0) is 32.1 Å². The molecule has 2 atom stereocenters. The molecule has 3 heteroatoms. The second kappa shape index (κ2) is 3.52. The van der Waals surface area contributed by atoms with Crippen LogP contribution in [0.4, 0.5) is 8.78 Å². The van der Waals surface area contributed by atoms with Gasteiger partial charge < -0.3 is 5.73 Å². The molecule has 0 saturated carbocycles. The SMILES string of the molecule is CC(N)(C(F)F)C1CC=CCC1. The third-order valence-corrected chi connectivity index (χ3v) is 2.62. The second-order valence-corrected chi connectivity index (χ2v) is 3.65. The van der Waals surface area contributed by atoms with Gasteiger partial charge in [-0.25, -0.2) is 8.78 Å². The lowest BCUT2D eigenvalue weighted by Crippen LogP contribution is -2.50. The van der Waals surface area contributed by atoms with Crippen LogP contribution in [0.5, 0.6) is 0 Å². The highest BCUT2D eigenvalue weighted by molar-refractivity contribution is 4.99. The molecule has 0 aromatic rings. The van der Waals surface area contributed by atoms with Crippen LogP contribution in [0.15, 0.2) is 12.2 Å². The van der Waals surface area contributed by atoms with E-state index >= 15 is 0 Å². The van der Waals surface area contributed by atoms with Crippen LogP contribution in [0, 0.1) is 5.92 Å². The Morgan fingerprint density at radius 3 is 2.58 bits per heavy atom. The number of nitrogens with two attached hydrogens (primary N) is 1. The molecule has 1 nitrogen and oxygen atoms in total. The molecular formula is C9H15F2N. The van der Waals surface area contributed by atoms with Gasteiger partial charge in [0.1, 0.15) is 0 Å². The van der Waals surface area contributed by atoms with E-state index < -0.39 is 12.0 Å². The van der Waals surface area contributed by atoms with Gasteiger partial charge in [-0.2, -0.15) is 0 Å². The van der Waals surface area contributed by atoms with E-state index in [0.29, 0.717) is 6.42 Å². The molecule has 1 aliphatic carbocycles. The lowest BCUT2D eigenvalue weighted by molar-refractivity contribution is 0.0257. The Bertz CT molecular complexity index is 175. The minimum atomic E-state index is -2.42. The fourth-order valence-corrected chi connectivity index (χ4v) is 1.54. The maximum absolute atomic E-state index is 12.4. The number of allylic oxidation sites excluding steroid dienone is 2. The van der Waals surface area contributed by atoms with Gasteiger partial charge >= 0.3 is 0 Å². The van der Waals surface area contributed by atoms with Gasteiger partial charge in [-0.3, -0.25) is 0 Å². The first-order chi connectivity index (χ1) is 5.55. The predicted octanol–water partition coefficient (Wildman–Crippen LogP) is 2.33. The number of hydrogen-bond donors (Lipinski definition) is 1. The molecule has 0 spiro atoms. The zero-order valence-corrected chi connectivity index (χ0v) is 7.26. The molecule has 0 bridgehead atoms. The normalized spacial score (nSPS) is 28.9. The van der Waals surface area contributed by atoms with Crippen molar-refractivity contribution in [1.82, 2.24) is 0 Å². The minimum Gasteiger partial charge on any atom is -0.320 e. The van der Waals surface area contributed by atoms with Gasteiger partial charge in [0.05, 0.1) is 5.54 Å². The summed E-state index contributed by atoms with van der Waals surface area (Å²) in [6.07, 6.45) is 3.91. The van der Waals surface area contributed by atoms with E-state index in [2.05, 4.69) is 0 Å². The predicted molar refractivity (Wildman–Crippen MR) is 45.1 cm³/mol. The molecule has 2 N–H and O–H groups in total. The van der Waals surface area contributed by atoms with Crippen LogP contribution in [-0.2, 0) is 0 Å². The van der Waals surface area contributed by atoms with Gasteiger partial charge in [-0.1, -0.05) is 12.2 Å². The highest BCUT2D eigenvalue weighted by Gasteiger charge is 2.38. The fraction of sp³-hybridized carbons (Fsp3) is 0.778. The molecule has 1 aliphatic rings. The Hall–Kier alpha value is -0.440. The summed E-state index contributed by atoms with van der Waals surface area (Å²) in [5, 5.41) is 0.